The highest BCUT2D eigenvalue weighted by atomic mass is 16.5. The van der Waals surface area contributed by atoms with Crippen LogP contribution >= 0.6 is 0 Å². The summed E-state index contributed by atoms with van der Waals surface area (Å²) in [6.07, 6.45) is 0. The Labute approximate surface area is 171 Å². The first-order valence-electron chi connectivity index (χ1n) is 9.96. The van der Waals surface area contributed by atoms with Crippen molar-refractivity contribution in [3.8, 4) is 0 Å². The molecule has 3 rings (SSSR count). The number of nitrogens with one attached hydrogen (secondary N) is 1. The normalized spacial score (nSPS) is 16.2. The van der Waals surface area contributed by atoms with E-state index in [0.717, 1.165) is 24.2 Å². The number of aliphatic carboxylic acids is 1. The van der Waals surface area contributed by atoms with Crippen LogP contribution in [0.3, 0.4) is 0 Å². The molecule has 1 heterocycles. The van der Waals surface area contributed by atoms with Gasteiger partial charge in [0.25, 0.3) is 0 Å². The number of carboxylic acid groups (broad SMARTS) is 1. The van der Waals surface area contributed by atoms with Gasteiger partial charge in [-0.05, 0) is 17.0 Å². The lowest BCUT2D eigenvalue weighted by atomic mass is 9.65. The van der Waals surface area contributed by atoms with Gasteiger partial charge in [0.2, 0.25) is 5.91 Å². The molecule has 1 amide bonds. The Balaban J connectivity index is 2.08. The van der Waals surface area contributed by atoms with E-state index in [1.165, 1.54) is 0 Å². The van der Waals surface area contributed by atoms with Crippen LogP contribution in [0.25, 0.3) is 0 Å². The maximum Gasteiger partial charge on any atom is 0.322 e. The Morgan fingerprint density at radius 1 is 1.03 bits per heavy atom. The molecule has 0 bridgehead atoms. The lowest BCUT2D eigenvalue weighted by Gasteiger charge is -2.41. The van der Waals surface area contributed by atoms with E-state index in [2.05, 4.69) is 17.1 Å². The standard InChI is InChI=1S/C23H28N2O4/c1-18(17-25-12-14-29-15-13-25)23(19-8-4-2-5-9-19,20-10-6-3-7-11-20)22(28)24-16-21(26)27/h2-11,18H,12-17H2,1H3,(H,24,28)(H,26,27). The van der Waals surface area contributed by atoms with Gasteiger partial charge < -0.3 is 15.2 Å². The molecule has 1 saturated heterocycles. The fourth-order valence-electron chi connectivity index (χ4n) is 4.23. The Bertz CT molecular complexity index is 765. The molecule has 6 heteroatoms. The third-order valence-corrected chi connectivity index (χ3v) is 5.59. The molecule has 0 spiro atoms. The zero-order valence-electron chi connectivity index (χ0n) is 16.7. The molecular weight excluding hydrogens is 368 g/mol. The number of carboxylic acids is 1. The highest BCUT2D eigenvalue weighted by molar-refractivity contribution is 5.94. The minimum absolute atomic E-state index is 0.0980. The fraction of sp³-hybridized carbons (Fsp3) is 0.391. The SMILES string of the molecule is CC(CN1CCOCC1)C(C(=O)NCC(=O)O)(c1ccccc1)c1ccccc1. The maximum atomic E-state index is 13.6. The highest BCUT2D eigenvalue weighted by Gasteiger charge is 2.47. The zero-order chi connectivity index (χ0) is 20.7. The number of rotatable bonds is 8. The molecule has 0 aromatic heterocycles. The fourth-order valence-corrected chi connectivity index (χ4v) is 4.23. The van der Waals surface area contributed by atoms with Crippen LogP contribution in [-0.2, 0) is 19.7 Å². The Morgan fingerprint density at radius 2 is 1.55 bits per heavy atom. The van der Waals surface area contributed by atoms with Crippen molar-refractivity contribution in [3.05, 3.63) is 71.8 Å². The van der Waals surface area contributed by atoms with Crippen LogP contribution in [0.1, 0.15) is 18.1 Å². The highest BCUT2D eigenvalue weighted by Crippen LogP contribution is 2.40. The van der Waals surface area contributed by atoms with Gasteiger partial charge in [-0.1, -0.05) is 67.6 Å². The van der Waals surface area contributed by atoms with Gasteiger partial charge in [-0.15, -0.1) is 0 Å². The summed E-state index contributed by atoms with van der Waals surface area (Å²) >= 11 is 0. The second kappa shape index (κ2) is 9.67. The van der Waals surface area contributed by atoms with E-state index in [4.69, 9.17) is 9.84 Å². The van der Waals surface area contributed by atoms with Crippen molar-refractivity contribution < 1.29 is 19.4 Å². The van der Waals surface area contributed by atoms with Gasteiger partial charge in [-0.25, -0.2) is 0 Å². The first-order chi connectivity index (χ1) is 14.0. The number of morpholine rings is 1. The minimum atomic E-state index is -1.06. The van der Waals surface area contributed by atoms with Crippen LogP contribution in [-0.4, -0.2) is 61.3 Å². The third-order valence-electron chi connectivity index (χ3n) is 5.59. The number of ether oxygens (including phenoxy) is 1. The first-order valence-corrected chi connectivity index (χ1v) is 9.96. The van der Waals surface area contributed by atoms with Gasteiger partial charge in [0.05, 0.1) is 13.2 Å². The summed E-state index contributed by atoms with van der Waals surface area (Å²) in [4.78, 5) is 27.1. The smallest absolute Gasteiger partial charge is 0.322 e. The van der Waals surface area contributed by atoms with Gasteiger partial charge in [-0.3, -0.25) is 14.5 Å². The molecule has 6 nitrogen and oxygen atoms in total. The van der Waals surface area contributed by atoms with Gasteiger partial charge in [0.1, 0.15) is 12.0 Å². The molecular formula is C23H28N2O4. The Morgan fingerprint density at radius 3 is 2.03 bits per heavy atom. The van der Waals surface area contributed by atoms with Crippen molar-refractivity contribution in [1.82, 2.24) is 10.2 Å². The van der Waals surface area contributed by atoms with E-state index >= 15 is 0 Å². The molecule has 1 atom stereocenters. The predicted molar refractivity (Wildman–Crippen MR) is 111 cm³/mol. The lowest BCUT2D eigenvalue weighted by Crippen LogP contribution is -2.54. The summed E-state index contributed by atoms with van der Waals surface area (Å²) in [5, 5.41) is 11.8. The van der Waals surface area contributed by atoms with Crippen molar-refractivity contribution in [2.45, 2.75) is 12.3 Å². The molecule has 29 heavy (non-hydrogen) atoms. The molecule has 2 aromatic rings. The lowest BCUT2D eigenvalue weighted by molar-refractivity contribution is -0.139. The van der Waals surface area contributed by atoms with Gasteiger partial charge in [-0.2, -0.15) is 0 Å². The number of nitrogens with zero attached hydrogens (tertiary/aromatic N) is 1. The molecule has 0 saturated carbocycles. The van der Waals surface area contributed by atoms with Gasteiger partial charge >= 0.3 is 5.97 Å². The molecule has 2 aromatic carbocycles. The summed E-state index contributed by atoms with van der Waals surface area (Å²) in [5.74, 6) is -1.45. The van der Waals surface area contributed by atoms with E-state index in [1.54, 1.807) is 0 Å². The van der Waals surface area contributed by atoms with Crippen molar-refractivity contribution in [3.63, 3.8) is 0 Å². The van der Waals surface area contributed by atoms with Gasteiger partial charge in [0.15, 0.2) is 0 Å². The number of hydrogen-bond donors (Lipinski definition) is 2. The van der Waals surface area contributed by atoms with Crippen LogP contribution in [0.15, 0.2) is 60.7 Å². The van der Waals surface area contributed by atoms with Crippen LogP contribution in [0.2, 0.25) is 0 Å². The van der Waals surface area contributed by atoms with E-state index in [1.807, 2.05) is 60.7 Å². The second-order valence-electron chi connectivity index (χ2n) is 7.43. The molecule has 1 fully saturated rings. The summed E-state index contributed by atoms with van der Waals surface area (Å²) in [7, 11) is 0. The Hall–Kier alpha value is -2.70. The Kier molecular flexibility index (Phi) is 7.01. The van der Waals surface area contributed by atoms with E-state index in [0.29, 0.717) is 19.8 Å². The number of benzene rings is 2. The molecule has 1 aliphatic heterocycles. The summed E-state index contributed by atoms with van der Waals surface area (Å²) < 4.78 is 5.46. The first kappa shape index (κ1) is 21.0. The van der Waals surface area contributed by atoms with Crippen LogP contribution < -0.4 is 5.32 Å². The maximum absolute atomic E-state index is 13.6. The van der Waals surface area contributed by atoms with E-state index < -0.39 is 17.9 Å². The molecule has 0 aliphatic carbocycles. The molecule has 1 aliphatic rings. The average Bonchev–Trinajstić information content (AvgIpc) is 2.75. The quantitative estimate of drug-likeness (QED) is 0.715. The van der Waals surface area contributed by atoms with Crippen LogP contribution in [0.4, 0.5) is 0 Å². The number of amides is 1. The number of carbonyl (C=O) groups is 2. The average molecular weight is 396 g/mol. The molecule has 2 N–H and O–H groups in total. The van der Waals surface area contributed by atoms with Crippen LogP contribution in [0.5, 0.6) is 0 Å². The number of carbonyl (C=O) groups excluding carboxylic acids is 1. The largest absolute Gasteiger partial charge is 0.480 e. The predicted octanol–water partition coefficient (Wildman–Crippen LogP) is 2.14. The summed E-state index contributed by atoms with van der Waals surface area (Å²) in [6.45, 7) is 5.36. The zero-order valence-corrected chi connectivity index (χ0v) is 16.7. The summed E-state index contributed by atoms with van der Waals surface area (Å²) in [6, 6.07) is 19.3. The topological polar surface area (TPSA) is 78.9 Å². The summed E-state index contributed by atoms with van der Waals surface area (Å²) in [5.41, 5.74) is 0.709. The molecule has 0 radical (unpaired) electrons. The van der Waals surface area contributed by atoms with Crippen molar-refractivity contribution in [2.75, 3.05) is 39.4 Å². The molecule has 154 valence electrons. The third kappa shape index (κ3) is 4.66. The van der Waals surface area contributed by atoms with E-state index in [-0.39, 0.29) is 11.8 Å². The van der Waals surface area contributed by atoms with Crippen molar-refractivity contribution in [1.29, 1.82) is 0 Å². The van der Waals surface area contributed by atoms with Crippen LogP contribution in [0, 0.1) is 5.92 Å². The van der Waals surface area contributed by atoms with Crippen molar-refractivity contribution >= 4 is 11.9 Å². The minimum Gasteiger partial charge on any atom is -0.480 e. The molecule has 1 unspecified atom stereocenters. The number of hydrogen-bond acceptors (Lipinski definition) is 4. The second-order valence-corrected chi connectivity index (χ2v) is 7.43. The van der Waals surface area contributed by atoms with Gasteiger partial charge in [0, 0.05) is 19.6 Å². The van der Waals surface area contributed by atoms with Crippen molar-refractivity contribution in [2.24, 2.45) is 5.92 Å². The monoisotopic (exact) mass is 396 g/mol. The van der Waals surface area contributed by atoms with E-state index in [9.17, 15) is 9.59 Å².